The van der Waals surface area contributed by atoms with E-state index < -0.39 is 0 Å². The summed E-state index contributed by atoms with van der Waals surface area (Å²) < 4.78 is 5.17. The molecule has 0 aromatic heterocycles. The van der Waals surface area contributed by atoms with Crippen molar-refractivity contribution in [1.29, 1.82) is 0 Å². The molecule has 6 heteroatoms. The van der Waals surface area contributed by atoms with Gasteiger partial charge in [0.05, 0.1) is 17.7 Å². The Bertz CT molecular complexity index is 873. The first-order chi connectivity index (χ1) is 12.5. The van der Waals surface area contributed by atoms with E-state index >= 15 is 0 Å². The van der Waals surface area contributed by atoms with Gasteiger partial charge in [0.2, 0.25) is 5.91 Å². The van der Waals surface area contributed by atoms with Gasteiger partial charge in [0, 0.05) is 30.6 Å². The van der Waals surface area contributed by atoms with Crippen molar-refractivity contribution in [3.05, 3.63) is 53.1 Å². The van der Waals surface area contributed by atoms with Crippen molar-refractivity contribution in [2.75, 3.05) is 20.2 Å². The molecular formula is C20H19ClN2O3. The first-order valence-corrected chi connectivity index (χ1v) is 8.92. The van der Waals surface area contributed by atoms with Crippen LogP contribution in [0.4, 0.5) is 0 Å². The number of likely N-dealkylation sites (tertiary alicyclic amines) is 1. The van der Waals surface area contributed by atoms with Crippen LogP contribution in [0.25, 0.3) is 11.1 Å². The van der Waals surface area contributed by atoms with Gasteiger partial charge in [0.25, 0.3) is 5.91 Å². The van der Waals surface area contributed by atoms with Crippen LogP contribution < -0.4 is 10.1 Å². The van der Waals surface area contributed by atoms with Gasteiger partial charge in [-0.15, -0.1) is 0 Å². The molecule has 2 aliphatic rings. The fourth-order valence-electron chi connectivity index (χ4n) is 3.67. The van der Waals surface area contributed by atoms with Gasteiger partial charge in [0.15, 0.2) is 0 Å². The standard InChI is InChI=1S/C20H19ClN2O3/c1-26-15-6-7-16(17(21)10-15)13-2-4-14(5-3-13)19(25)23-11-20(12-23)9-8-18(24)22-20/h2-7,10H,8-9,11-12H2,1H3,(H,22,24). The van der Waals surface area contributed by atoms with Crippen LogP contribution in [0.15, 0.2) is 42.5 Å². The van der Waals surface area contributed by atoms with Crippen molar-refractivity contribution in [1.82, 2.24) is 10.2 Å². The molecule has 0 saturated carbocycles. The quantitative estimate of drug-likeness (QED) is 0.903. The first kappa shape index (κ1) is 16.9. The maximum absolute atomic E-state index is 12.6. The number of benzene rings is 2. The summed E-state index contributed by atoms with van der Waals surface area (Å²) >= 11 is 6.32. The van der Waals surface area contributed by atoms with Gasteiger partial charge in [0.1, 0.15) is 5.75 Å². The van der Waals surface area contributed by atoms with Crippen LogP contribution >= 0.6 is 11.6 Å². The monoisotopic (exact) mass is 370 g/mol. The third kappa shape index (κ3) is 2.92. The highest BCUT2D eigenvalue weighted by Gasteiger charge is 2.49. The van der Waals surface area contributed by atoms with Gasteiger partial charge in [-0.1, -0.05) is 23.7 Å². The van der Waals surface area contributed by atoms with E-state index in [-0.39, 0.29) is 17.4 Å². The minimum Gasteiger partial charge on any atom is -0.497 e. The Morgan fingerprint density at radius 1 is 1.19 bits per heavy atom. The van der Waals surface area contributed by atoms with Crippen molar-refractivity contribution < 1.29 is 14.3 Å². The van der Waals surface area contributed by atoms with E-state index in [0.717, 1.165) is 17.5 Å². The largest absolute Gasteiger partial charge is 0.497 e. The van der Waals surface area contributed by atoms with Crippen molar-refractivity contribution in [3.8, 4) is 16.9 Å². The van der Waals surface area contributed by atoms with Gasteiger partial charge < -0.3 is 15.0 Å². The zero-order valence-corrected chi connectivity index (χ0v) is 15.2. The number of hydrogen-bond acceptors (Lipinski definition) is 3. The smallest absolute Gasteiger partial charge is 0.254 e. The molecule has 26 heavy (non-hydrogen) atoms. The highest BCUT2D eigenvalue weighted by Crippen LogP contribution is 2.33. The summed E-state index contributed by atoms with van der Waals surface area (Å²) in [6.45, 7) is 1.17. The van der Waals surface area contributed by atoms with E-state index in [2.05, 4.69) is 5.32 Å². The summed E-state index contributed by atoms with van der Waals surface area (Å²) in [5.41, 5.74) is 2.28. The zero-order chi connectivity index (χ0) is 18.3. The van der Waals surface area contributed by atoms with Crippen LogP contribution in [0, 0.1) is 0 Å². The van der Waals surface area contributed by atoms with E-state index in [4.69, 9.17) is 16.3 Å². The first-order valence-electron chi connectivity index (χ1n) is 8.54. The van der Waals surface area contributed by atoms with Gasteiger partial charge in [-0.2, -0.15) is 0 Å². The normalized spacial score (nSPS) is 17.8. The van der Waals surface area contributed by atoms with Crippen LogP contribution in [0.2, 0.25) is 5.02 Å². The number of carbonyl (C=O) groups is 2. The molecule has 0 aliphatic carbocycles. The van der Waals surface area contributed by atoms with Crippen LogP contribution in [-0.2, 0) is 4.79 Å². The Hall–Kier alpha value is -2.53. The second kappa shape index (κ2) is 6.32. The Labute approximate surface area is 156 Å². The predicted molar refractivity (Wildman–Crippen MR) is 99.5 cm³/mol. The average molecular weight is 371 g/mol. The maximum atomic E-state index is 12.6. The Morgan fingerprint density at radius 2 is 1.92 bits per heavy atom. The molecule has 2 saturated heterocycles. The minimum atomic E-state index is -0.191. The summed E-state index contributed by atoms with van der Waals surface area (Å²) in [4.78, 5) is 25.8. The molecule has 2 aromatic carbocycles. The molecular weight excluding hydrogens is 352 g/mol. The topological polar surface area (TPSA) is 58.6 Å². The van der Waals surface area contributed by atoms with Gasteiger partial charge in [-0.25, -0.2) is 0 Å². The van der Waals surface area contributed by atoms with Crippen LogP contribution in [0.5, 0.6) is 5.75 Å². The number of carbonyl (C=O) groups excluding carboxylic acids is 2. The Morgan fingerprint density at radius 3 is 2.50 bits per heavy atom. The van der Waals surface area contributed by atoms with Crippen molar-refractivity contribution in [3.63, 3.8) is 0 Å². The molecule has 2 aliphatic heterocycles. The highest BCUT2D eigenvalue weighted by molar-refractivity contribution is 6.33. The highest BCUT2D eigenvalue weighted by atomic mass is 35.5. The van der Waals surface area contributed by atoms with Crippen LogP contribution in [-0.4, -0.2) is 42.5 Å². The lowest BCUT2D eigenvalue weighted by atomic mass is 9.87. The molecule has 134 valence electrons. The van der Waals surface area contributed by atoms with Crippen molar-refractivity contribution >= 4 is 23.4 Å². The molecule has 0 radical (unpaired) electrons. The molecule has 4 rings (SSSR count). The summed E-state index contributed by atoms with van der Waals surface area (Å²) in [6.07, 6.45) is 1.36. The number of methoxy groups -OCH3 is 1. The van der Waals surface area contributed by atoms with Crippen LogP contribution in [0.1, 0.15) is 23.2 Å². The van der Waals surface area contributed by atoms with Crippen LogP contribution in [0.3, 0.4) is 0 Å². The SMILES string of the molecule is COc1ccc(-c2ccc(C(=O)N3CC4(CCC(=O)N4)C3)cc2)c(Cl)c1. The fourth-order valence-corrected chi connectivity index (χ4v) is 3.95. The molecule has 2 heterocycles. The maximum Gasteiger partial charge on any atom is 0.254 e. The number of rotatable bonds is 3. The van der Waals surface area contributed by atoms with Crippen molar-refractivity contribution in [2.45, 2.75) is 18.4 Å². The summed E-state index contributed by atoms with van der Waals surface area (Å²) in [6, 6.07) is 13.0. The zero-order valence-electron chi connectivity index (χ0n) is 14.4. The van der Waals surface area contributed by atoms with E-state index in [1.807, 2.05) is 36.4 Å². The predicted octanol–water partition coefficient (Wildman–Crippen LogP) is 3.12. The fraction of sp³-hybridized carbons (Fsp3) is 0.300. The molecule has 2 aromatic rings. The number of halogens is 1. The molecule has 0 unspecified atom stereocenters. The second-order valence-corrected chi connectivity index (χ2v) is 7.32. The molecule has 0 atom stereocenters. The average Bonchev–Trinajstić information content (AvgIpc) is 3.02. The summed E-state index contributed by atoms with van der Waals surface area (Å²) in [7, 11) is 1.60. The van der Waals surface area contributed by atoms with Gasteiger partial charge >= 0.3 is 0 Å². The number of amides is 2. The van der Waals surface area contributed by atoms with E-state index in [9.17, 15) is 9.59 Å². The minimum absolute atomic E-state index is 0.0100. The second-order valence-electron chi connectivity index (χ2n) is 6.91. The third-order valence-electron chi connectivity index (χ3n) is 5.13. The van der Waals surface area contributed by atoms with E-state index in [0.29, 0.717) is 35.8 Å². The van der Waals surface area contributed by atoms with Gasteiger partial charge in [-0.05, 0) is 42.3 Å². The molecule has 5 nitrogen and oxygen atoms in total. The lowest BCUT2D eigenvalue weighted by molar-refractivity contribution is -0.120. The lowest BCUT2D eigenvalue weighted by Gasteiger charge is -2.47. The third-order valence-corrected chi connectivity index (χ3v) is 5.44. The van der Waals surface area contributed by atoms with Crippen molar-refractivity contribution in [2.24, 2.45) is 0 Å². The molecule has 1 N–H and O–H groups in total. The number of hydrogen-bond donors (Lipinski definition) is 1. The number of ether oxygens (including phenoxy) is 1. The summed E-state index contributed by atoms with van der Waals surface area (Å²) in [5.74, 6) is 0.776. The number of nitrogens with one attached hydrogen (secondary N) is 1. The van der Waals surface area contributed by atoms with Gasteiger partial charge in [-0.3, -0.25) is 9.59 Å². The Kier molecular flexibility index (Phi) is 4.11. The molecule has 2 amide bonds. The summed E-state index contributed by atoms with van der Waals surface area (Å²) in [5, 5.41) is 3.59. The lowest BCUT2D eigenvalue weighted by Crippen LogP contribution is -2.68. The van der Waals surface area contributed by atoms with E-state index in [1.54, 1.807) is 18.1 Å². The Balaban J connectivity index is 1.46. The molecule has 1 spiro atoms. The molecule has 0 bridgehead atoms. The molecule has 2 fully saturated rings. The van der Waals surface area contributed by atoms with E-state index in [1.165, 1.54) is 0 Å². The number of nitrogens with zero attached hydrogens (tertiary/aromatic N) is 1.